The third-order valence-electron chi connectivity index (χ3n) is 3.69. The van der Waals surface area contributed by atoms with Gasteiger partial charge in [0.2, 0.25) is 0 Å². The maximum Gasteiger partial charge on any atom is 0.316 e. The van der Waals surface area contributed by atoms with Crippen molar-refractivity contribution in [1.82, 2.24) is 5.32 Å². The van der Waals surface area contributed by atoms with Crippen molar-refractivity contribution < 1.29 is 14.3 Å². The maximum absolute atomic E-state index is 12.5. The monoisotopic (exact) mass is 369 g/mol. The van der Waals surface area contributed by atoms with Crippen molar-refractivity contribution in [2.24, 2.45) is 5.41 Å². The highest BCUT2D eigenvalue weighted by Gasteiger charge is 2.43. The van der Waals surface area contributed by atoms with Gasteiger partial charge < -0.3 is 10.1 Å². The van der Waals surface area contributed by atoms with Gasteiger partial charge in [0.1, 0.15) is 5.76 Å². The Bertz CT molecular complexity index is 735. The van der Waals surface area contributed by atoms with Gasteiger partial charge in [-0.15, -0.1) is 0 Å². The molecule has 0 saturated carbocycles. The van der Waals surface area contributed by atoms with E-state index in [0.29, 0.717) is 15.6 Å². The van der Waals surface area contributed by atoms with E-state index >= 15 is 0 Å². The topological polar surface area (TPSA) is 55.4 Å². The summed E-state index contributed by atoms with van der Waals surface area (Å²) in [5, 5.41) is 3.49. The smallest absolute Gasteiger partial charge is 0.316 e. The van der Waals surface area contributed by atoms with Crippen molar-refractivity contribution in [1.29, 1.82) is 0 Å². The van der Waals surface area contributed by atoms with E-state index in [9.17, 15) is 9.59 Å². The number of hydrogen-bond donors (Lipinski definition) is 1. The lowest BCUT2D eigenvalue weighted by molar-refractivity contribution is -0.149. The number of halogens is 2. The second-order valence-electron chi connectivity index (χ2n) is 7.53. The normalized spacial score (nSPS) is 17.1. The minimum absolute atomic E-state index is 0.201. The van der Waals surface area contributed by atoms with Crippen molar-refractivity contribution in [3.05, 3.63) is 39.1 Å². The Kier molecular flexibility index (Phi) is 4.77. The van der Waals surface area contributed by atoms with Crippen LogP contribution < -0.4 is 5.32 Å². The fourth-order valence-electron chi connectivity index (χ4n) is 2.41. The second-order valence-corrected chi connectivity index (χ2v) is 8.34. The number of aryl methyl sites for hydroxylation is 1. The number of rotatable bonds is 2. The Labute approximate surface area is 152 Å². The largest absolute Gasteiger partial charge is 0.427 e. The van der Waals surface area contributed by atoms with E-state index in [1.807, 2.05) is 6.92 Å². The summed E-state index contributed by atoms with van der Waals surface area (Å²) in [5.41, 5.74) is -0.0949. The summed E-state index contributed by atoms with van der Waals surface area (Å²) in [6, 6.07) is 3.44. The van der Waals surface area contributed by atoms with Crippen LogP contribution >= 0.6 is 23.2 Å². The highest BCUT2D eigenvalue weighted by atomic mass is 35.5. The molecule has 130 valence electrons. The molecule has 0 radical (unpaired) electrons. The molecule has 0 aromatic heterocycles. The quantitative estimate of drug-likeness (QED) is 0.780. The van der Waals surface area contributed by atoms with Crippen LogP contribution in [0.25, 0.3) is 5.57 Å². The van der Waals surface area contributed by atoms with Crippen LogP contribution in [0.1, 0.15) is 45.7 Å². The van der Waals surface area contributed by atoms with Crippen molar-refractivity contribution in [2.75, 3.05) is 0 Å². The molecular weight excluding hydrogens is 349 g/mol. The number of benzene rings is 1. The molecular formula is C18H21Cl2NO3. The Morgan fingerprint density at radius 3 is 2.12 bits per heavy atom. The van der Waals surface area contributed by atoms with Gasteiger partial charge in [0, 0.05) is 5.56 Å². The summed E-state index contributed by atoms with van der Waals surface area (Å²) < 4.78 is 5.61. The number of amides is 1. The van der Waals surface area contributed by atoms with Crippen LogP contribution in [0, 0.1) is 12.3 Å². The molecule has 1 aromatic carbocycles. The summed E-state index contributed by atoms with van der Waals surface area (Å²) in [6.45, 7) is 10.6. The molecule has 2 rings (SSSR count). The van der Waals surface area contributed by atoms with Gasteiger partial charge in [0.25, 0.3) is 5.91 Å². The number of ether oxygens (including phenoxy) is 1. The van der Waals surface area contributed by atoms with Gasteiger partial charge in [0.15, 0.2) is 0 Å². The second kappa shape index (κ2) is 6.08. The minimum atomic E-state index is -0.842. The van der Waals surface area contributed by atoms with Gasteiger partial charge in [-0.3, -0.25) is 9.59 Å². The molecule has 1 heterocycles. The first-order chi connectivity index (χ1) is 10.8. The number of esters is 1. The first kappa shape index (κ1) is 18.8. The third-order valence-corrected chi connectivity index (χ3v) is 4.29. The molecule has 4 nitrogen and oxygen atoms in total. The molecule has 0 atom stereocenters. The summed E-state index contributed by atoms with van der Waals surface area (Å²) in [5.74, 6) is -0.566. The van der Waals surface area contributed by atoms with Crippen LogP contribution in [-0.2, 0) is 14.3 Å². The first-order valence-electron chi connectivity index (χ1n) is 7.60. The fraction of sp³-hybridized carbons (Fsp3) is 0.444. The number of carbonyl (C=O) groups is 2. The van der Waals surface area contributed by atoms with Crippen LogP contribution in [0.5, 0.6) is 0 Å². The third kappa shape index (κ3) is 3.45. The molecule has 6 heteroatoms. The molecule has 0 unspecified atom stereocenters. The molecule has 24 heavy (non-hydrogen) atoms. The molecule has 1 aromatic rings. The van der Waals surface area contributed by atoms with Gasteiger partial charge in [-0.05, 0) is 59.2 Å². The van der Waals surface area contributed by atoms with Crippen LogP contribution in [0.3, 0.4) is 0 Å². The zero-order valence-corrected chi connectivity index (χ0v) is 16.1. The molecule has 0 bridgehead atoms. The van der Waals surface area contributed by atoms with Gasteiger partial charge >= 0.3 is 5.97 Å². The summed E-state index contributed by atoms with van der Waals surface area (Å²) in [7, 11) is 0. The lowest BCUT2D eigenvalue weighted by atomic mass is 9.95. The van der Waals surface area contributed by atoms with E-state index in [2.05, 4.69) is 5.32 Å². The maximum atomic E-state index is 12.5. The van der Waals surface area contributed by atoms with E-state index < -0.39 is 16.9 Å². The Balaban J connectivity index is 2.68. The van der Waals surface area contributed by atoms with E-state index in [0.717, 1.165) is 5.56 Å². The molecule has 0 saturated heterocycles. The van der Waals surface area contributed by atoms with Gasteiger partial charge in [-0.25, -0.2) is 0 Å². The molecule has 1 aliphatic heterocycles. The van der Waals surface area contributed by atoms with Crippen molar-refractivity contribution in [3.63, 3.8) is 0 Å². The standard InChI is InChI=1S/C18H21Cl2NO3/c1-9-7-10(19)12(11(20)8-9)13-14(18(5,6)21-15(13)22)24-16(23)17(2,3)4/h7-8H,1-6H3,(H,21,22). The number of nitrogens with one attached hydrogen (secondary N) is 1. The van der Waals surface area contributed by atoms with Crippen LogP contribution in [0.2, 0.25) is 10.0 Å². The van der Waals surface area contributed by atoms with Gasteiger partial charge in [-0.2, -0.15) is 0 Å². The van der Waals surface area contributed by atoms with Crippen molar-refractivity contribution in [2.45, 2.75) is 47.1 Å². The zero-order valence-electron chi connectivity index (χ0n) is 14.6. The fourth-order valence-corrected chi connectivity index (χ4v) is 3.19. The average molecular weight is 370 g/mol. The molecule has 1 N–H and O–H groups in total. The highest BCUT2D eigenvalue weighted by molar-refractivity contribution is 6.41. The summed E-state index contributed by atoms with van der Waals surface area (Å²) >= 11 is 12.7. The molecule has 1 aliphatic rings. The van der Waals surface area contributed by atoms with Crippen molar-refractivity contribution >= 4 is 40.7 Å². The summed E-state index contributed by atoms with van der Waals surface area (Å²) in [6.07, 6.45) is 0. The predicted octanol–water partition coefficient (Wildman–Crippen LogP) is 4.51. The van der Waals surface area contributed by atoms with Crippen LogP contribution in [-0.4, -0.2) is 17.4 Å². The van der Waals surface area contributed by atoms with Gasteiger partial charge in [-0.1, -0.05) is 23.2 Å². The highest BCUT2D eigenvalue weighted by Crippen LogP contribution is 2.41. The number of hydrogen-bond acceptors (Lipinski definition) is 3. The van der Waals surface area contributed by atoms with E-state index in [4.69, 9.17) is 27.9 Å². The molecule has 0 aliphatic carbocycles. The Morgan fingerprint density at radius 1 is 1.17 bits per heavy atom. The van der Waals surface area contributed by atoms with E-state index in [1.165, 1.54) is 0 Å². The van der Waals surface area contributed by atoms with E-state index in [1.54, 1.807) is 46.8 Å². The first-order valence-corrected chi connectivity index (χ1v) is 8.36. The van der Waals surface area contributed by atoms with Gasteiger partial charge in [0.05, 0.1) is 26.6 Å². The molecule has 0 fully saturated rings. The SMILES string of the molecule is Cc1cc(Cl)c(C2=C(OC(=O)C(C)(C)C)C(C)(C)NC2=O)c(Cl)c1. The summed E-state index contributed by atoms with van der Waals surface area (Å²) in [4.78, 5) is 24.9. The van der Waals surface area contributed by atoms with Crippen molar-refractivity contribution in [3.8, 4) is 0 Å². The number of carbonyl (C=O) groups excluding carboxylic acids is 2. The lowest BCUT2D eigenvalue weighted by Gasteiger charge is -2.25. The van der Waals surface area contributed by atoms with E-state index in [-0.39, 0.29) is 17.2 Å². The zero-order chi connectivity index (χ0) is 18.4. The molecule has 0 spiro atoms. The Hall–Kier alpha value is -1.52. The predicted molar refractivity (Wildman–Crippen MR) is 95.9 cm³/mol. The molecule has 1 amide bonds. The Morgan fingerprint density at radius 2 is 1.67 bits per heavy atom. The van der Waals surface area contributed by atoms with Crippen LogP contribution in [0.4, 0.5) is 0 Å². The van der Waals surface area contributed by atoms with Crippen LogP contribution in [0.15, 0.2) is 17.9 Å². The lowest BCUT2D eigenvalue weighted by Crippen LogP contribution is -2.40. The average Bonchev–Trinajstić information content (AvgIpc) is 2.58. The minimum Gasteiger partial charge on any atom is -0.427 e.